The molecule has 1 saturated carbocycles. The van der Waals surface area contributed by atoms with Crippen molar-refractivity contribution in [2.24, 2.45) is 7.05 Å². The van der Waals surface area contributed by atoms with Crippen molar-refractivity contribution in [2.75, 3.05) is 26.9 Å². The minimum atomic E-state index is -0.566. The van der Waals surface area contributed by atoms with E-state index in [2.05, 4.69) is 15.4 Å². The predicted molar refractivity (Wildman–Crippen MR) is 157 cm³/mol. The molecule has 2 aliphatic rings. The smallest absolute Gasteiger partial charge is 0.341 e. The molecule has 2 aromatic heterocycles. The highest BCUT2D eigenvalue weighted by atomic mass is 19.1. The van der Waals surface area contributed by atoms with Crippen molar-refractivity contribution in [2.45, 2.75) is 50.5 Å². The molecule has 43 heavy (non-hydrogen) atoms. The number of esters is 1. The van der Waals surface area contributed by atoms with Crippen molar-refractivity contribution in [3.05, 3.63) is 83.2 Å². The van der Waals surface area contributed by atoms with Crippen molar-refractivity contribution < 1.29 is 23.5 Å². The summed E-state index contributed by atoms with van der Waals surface area (Å²) in [6.07, 6.45) is 6.93. The van der Waals surface area contributed by atoms with Crippen molar-refractivity contribution in [3.63, 3.8) is 0 Å². The van der Waals surface area contributed by atoms with Gasteiger partial charge in [0.05, 0.1) is 48.1 Å². The van der Waals surface area contributed by atoms with E-state index in [1.807, 2.05) is 31.4 Å². The number of halogens is 1. The number of amides is 1. The summed E-state index contributed by atoms with van der Waals surface area (Å²) >= 11 is 0. The lowest BCUT2D eigenvalue weighted by Crippen LogP contribution is -2.46. The molecule has 4 aromatic rings. The number of methoxy groups -OCH3 is 1. The first-order valence-electron chi connectivity index (χ1n) is 14.7. The summed E-state index contributed by atoms with van der Waals surface area (Å²) in [5.41, 5.74) is 3.60. The molecule has 3 heterocycles. The second-order valence-electron chi connectivity index (χ2n) is 11.2. The molecule has 0 bridgehead atoms. The van der Waals surface area contributed by atoms with Gasteiger partial charge in [0.1, 0.15) is 11.4 Å². The number of ether oxygens (including phenoxy) is 2. The third-order valence-electron chi connectivity index (χ3n) is 8.32. The van der Waals surface area contributed by atoms with Crippen LogP contribution in [0.1, 0.15) is 76.5 Å². The number of nitrogens with zero attached hydrogens (tertiary/aromatic N) is 6. The molecule has 1 aliphatic heterocycles. The topological polar surface area (TPSA) is 104 Å². The predicted octanol–water partition coefficient (Wildman–Crippen LogP) is 4.90. The van der Waals surface area contributed by atoms with Gasteiger partial charge in [0.15, 0.2) is 0 Å². The molecule has 6 rings (SSSR count). The van der Waals surface area contributed by atoms with Crippen LogP contribution < -0.4 is 0 Å². The molecule has 1 unspecified atom stereocenters. The molecule has 1 aliphatic carbocycles. The average molecular weight is 587 g/mol. The van der Waals surface area contributed by atoms with E-state index < -0.39 is 11.8 Å². The fourth-order valence-corrected chi connectivity index (χ4v) is 6.16. The zero-order valence-electron chi connectivity index (χ0n) is 24.6. The highest BCUT2D eigenvalue weighted by Crippen LogP contribution is 2.55. The molecule has 2 aromatic carbocycles. The van der Waals surface area contributed by atoms with Crippen molar-refractivity contribution >= 4 is 11.9 Å². The van der Waals surface area contributed by atoms with E-state index in [1.165, 1.54) is 6.20 Å². The van der Waals surface area contributed by atoms with Gasteiger partial charge in [-0.25, -0.2) is 13.9 Å². The number of hydrogen-bond donors (Lipinski definition) is 0. The number of rotatable bonds is 9. The number of carbonyl (C=O) groups excluding carboxylic acids is 2. The summed E-state index contributed by atoms with van der Waals surface area (Å²) in [6.45, 7) is 3.01. The Morgan fingerprint density at radius 1 is 1.09 bits per heavy atom. The lowest BCUT2D eigenvalue weighted by Gasteiger charge is -2.35. The second-order valence-corrected chi connectivity index (χ2v) is 11.2. The van der Waals surface area contributed by atoms with E-state index in [0.29, 0.717) is 35.5 Å². The van der Waals surface area contributed by atoms with Crippen molar-refractivity contribution in [1.82, 2.24) is 29.7 Å². The summed E-state index contributed by atoms with van der Waals surface area (Å²) in [4.78, 5) is 28.2. The van der Waals surface area contributed by atoms with Gasteiger partial charge in [0.25, 0.3) is 5.91 Å². The van der Waals surface area contributed by atoms with Crippen LogP contribution in [0.25, 0.3) is 16.8 Å². The van der Waals surface area contributed by atoms with Gasteiger partial charge < -0.3 is 14.4 Å². The zero-order valence-corrected chi connectivity index (χ0v) is 24.6. The number of likely N-dealkylation sites (tertiary alicyclic amines) is 1. The monoisotopic (exact) mass is 586 g/mol. The molecule has 0 radical (unpaired) electrons. The molecular weight excluding hydrogens is 551 g/mol. The van der Waals surface area contributed by atoms with E-state index in [1.54, 1.807) is 52.6 Å². The van der Waals surface area contributed by atoms with Crippen LogP contribution in [0.5, 0.6) is 0 Å². The van der Waals surface area contributed by atoms with Gasteiger partial charge in [0.2, 0.25) is 0 Å². The minimum absolute atomic E-state index is 0.00969. The third-order valence-corrected chi connectivity index (χ3v) is 8.32. The molecule has 3 atom stereocenters. The van der Waals surface area contributed by atoms with E-state index in [9.17, 15) is 9.59 Å². The quantitative estimate of drug-likeness (QED) is 0.257. The Morgan fingerprint density at radius 3 is 2.70 bits per heavy atom. The van der Waals surface area contributed by atoms with Crippen LogP contribution in [0, 0.1) is 5.82 Å². The van der Waals surface area contributed by atoms with Crippen LogP contribution in [0.15, 0.2) is 54.9 Å². The van der Waals surface area contributed by atoms with Gasteiger partial charge in [-0.05, 0) is 56.4 Å². The lowest BCUT2D eigenvalue weighted by atomic mass is 9.98. The Kier molecular flexibility index (Phi) is 8.07. The molecular formula is C32H35FN6O4. The number of carbonyl (C=O) groups is 2. The van der Waals surface area contributed by atoms with Gasteiger partial charge in [-0.15, -0.1) is 5.10 Å². The number of piperidine rings is 1. The van der Waals surface area contributed by atoms with Crippen LogP contribution >= 0.6 is 0 Å². The summed E-state index contributed by atoms with van der Waals surface area (Å²) in [5.74, 6) is -1.24. The second kappa shape index (κ2) is 12.1. The van der Waals surface area contributed by atoms with Crippen molar-refractivity contribution in [3.8, 4) is 16.8 Å². The third kappa shape index (κ3) is 5.56. The number of hydrogen-bond acceptors (Lipinski definition) is 7. The van der Waals surface area contributed by atoms with Gasteiger partial charge in [-0.3, -0.25) is 9.48 Å². The number of benzene rings is 2. The first kappa shape index (κ1) is 28.7. The van der Waals surface area contributed by atoms with Gasteiger partial charge >= 0.3 is 5.97 Å². The molecule has 224 valence electrons. The summed E-state index contributed by atoms with van der Waals surface area (Å²) in [7, 11) is 3.44. The standard InChI is InChI=1S/C32H35FN6O4/c1-4-43-32(41)27-17-34-39(30(27)26-16-25(26)28-18-37(2)36-35-28)21-11-7-9-20(15-21)23-12-8-13-24(29(23)33)31(40)38-14-6-5-10-22(38)19-42-3/h7-9,11-13,15,17-18,22,25-26H,4-6,10,14,16,19H2,1-3H3/t22?,25-,26-/m1/s1. The first-order chi connectivity index (χ1) is 20.9. The maximum atomic E-state index is 16.1. The average Bonchev–Trinajstić information content (AvgIpc) is 3.46. The summed E-state index contributed by atoms with van der Waals surface area (Å²) in [5, 5.41) is 12.9. The molecule has 0 N–H and O–H groups in total. The van der Waals surface area contributed by atoms with Gasteiger partial charge in [0, 0.05) is 44.3 Å². The van der Waals surface area contributed by atoms with Crippen LogP contribution in [0.2, 0.25) is 0 Å². The Labute approximate surface area is 249 Å². The fraction of sp³-hybridized carbons (Fsp3) is 0.406. The Hall–Kier alpha value is -4.38. The van der Waals surface area contributed by atoms with E-state index >= 15 is 4.39 Å². The highest BCUT2D eigenvalue weighted by Gasteiger charge is 2.46. The molecule has 1 amide bonds. The van der Waals surface area contributed by atoms with Crippen molar-refractivity contribution in [1.29, 1.82) is 0 Å². The van der Waals surface area contributed by atoms with Gasteiger partial charge in [-0.1, -0.05) is 29.5 Å². The summed E-state index contributed by atoms with van der Waals surface area (Å²) in [6, 6.07) is 12.2. The van der Waals surface area contributed by atoms with Crippen LogP contribution in [0.4, 0.5) is 4.39 Å². The highest BCUT2D eigenvalue weighted by molar-refractivity contribution is 5.96. The largest absolute Gasteiger partial charge is 0.462 e. The Bertz CT molecular complexity index is 1650. The number of aromatic nitrogens is 5. The molecule has 0 spiro atoms. The molecule has 10 nitrogen and oxygen atoms in total. The fourth-order valence-electron chi connectivity index (χ4n) is 6.16. The molecule has 2 fully saturated rings. The minimum Gasteiger partial charge on any atom is -0.462 e. The maximum Gasteiger partial charge on any atom is 0.341 e. The van der Waals surface area contributed by atoms with Crippen LogP contribution in [0.3, 0.4) is 0 Å². The van der Waals surface area contributed by atoms with Crippen LogP contribution in [-0.2, 0) is 16.5 Å². The number of aryl methyl sites for hydroxylation is 1. The van der Waals surface area contributed by atoms with Gasteiger partial charge in [-0.2, -0.15) is 5.10 Å². The first-order valence-corrected chi connectivity index (χ1v) is 14.7. The molecule has 11 heteroatoms. The zero-order chi connectivity index (χ0) is 30.1. The molecule has 1 saturated heterocycles. The van der Waals surface area contributed by atoms with E-state index in [0.717, 1.165) is 37.1 Å². The Balaban J connectivity index is 1.35. The Morgan fingerprint density at radius 2 is 1.93 bits per heavy atom. The normalized spacial score (nSPS) is 19.8. The van der Waals surface area contributed by atoms with E-state index in [4.69, 9.17) is 9.47 Å². The van der Waals surface area contributed by atoms with E-state index in [-0.39, 0.29) is 36.0 Å². The summed E-state index contributed by atoms with van der Waals surface area (Å²) < 4.78 is 30.2. The SMILES string of the molecule is CCOC(=O)c1cnn(-c2cccc(-c3cccc(C(=O)N4CCCCC4COC)c3F)c2)c1[C@@H]1C[C@H]1c1cn(C)nn1. The maximum absolute atomic E-state index is 16.1. The van der Waals surface area contributed by atoms with Crippen LogP contribution in [-0.4, -0.2) is 74.5 Å². The lowest BCUT2D eigenvalue weighted by molar-refractivity contribution is 0.0424.